The normalized spacial score (nSPS) is 11.2. The number of para-hydroxylation sites is 1. The van der Waals surface area contributed by atoms with E-state index in [0.717, 1.165) is 51.3 Å². The van der Waals surface area contributed by atoms with E-state index in [4.69, 9.17) is 9.47 Å². The molecule has 0 bridgehead atoms. The van der Waals surface area contributed by atoms with E-state index in [2.05, 4.69) is 44.2 Å². The lowest BCUT2D eigenvalue weighted by atomic mass is 10.1. The van der Waals surface area contributed by atoms with E-state index in [9.17, 15) is 0 Å². The minimum atomic E-state index is 0.800. The third kappa shape index (κ3) is 8.89. The lowest BCUT2D eigenvalue weighted by Gasteiger charge is -2.09. The largest absolute Gasteiger partial charge is 0.493 e. The van der Waals surface area contributed by atoms with Crippen molar-refractivity contribution in [3.63, 3.8) is 0 Å². The van der Waals surface area contributed by atoms with Gasteiger partial charge in [-0.15, -0.1) is 0 Å². The summed E-state index contributed by atoms with van der Waals surface area (Å²) >= 11 is 0. The lowest BCUT2D eigenvalue weighted by molar-refractivity contribution is 0.130. The molecule has 22 heavy (non-hydrogen) atoms. The Morgan fingerprint density at radius 2 is 1.64 bits per heavy atom. The van der Waals surface area contributed by atoms with Crippen LogP contribution in [-0.4, -0.2) is 19.8 Å². The molecule has 0 aliphatic rings. The first-order chi connectivity index (χ1) is 10.9. The monoisotopic (exact) mass is 304 g/mol. The zero-order valence-corrected chi connectivity index (χ0v) is 14.4. The van der Waals surface area contributed by atoms with E-state index in [1.807, 2.05) is 6.07 Å². The molecule has 0 saturated carbocycles. The number of ether oxygens (including phenoxy) is 2. The molecule has 0 aliphatic carbocycles. The molecule has 1 rings (SSSR count). The quantitative estimate of drug-likeness (QED) is 0.425. The number of hydrogen-bond donors (Lipinski definition) is 0. The minimum absolute atomic E-state index is 0.800. The Bertz CT molecular complexity index is 398. The SMILES string of the molecule is CCCC=Cc1ccccc1OCCCCCCOCCC. The second kappa shape index (κ2) is 13.4. The van der Waals surface area contributed by atoms with Gasteiger partial charge in [-0.05, 0) is 38.2 Å². The van der Waals surface area contributed by atoms with Crippen molar-refractivity contribution in [2.24, 2.45) is 0 Å². The smallest absolute Gasteiger partial charge is 0.126 e. The van der Waals surface area contributed by atoms with E-state index in [1.54, 1.807) is 0 Å². The van der Waals surface area contributed by atoms with Crippen LogP contribution in [0.4, 0.5) is 0 Å². The second-order valence-electron chi connectivity index (χ2n) is 5.60. The molecule has 0 fully saturated rings. The van der Waals surface area contributed by atoms with Gasteiger partial charge < -0.3 is 9.47 Å². The van der Waals surface area contributed by atoms with Crippen LogP contribution in [0.1, 0.15) is 64.4 Å². The van der Waals surface area contributed by atoms with Crippen molar-refractivity contribution in [3.05, 3.63) is 35.9 Å². The topological polar surface area (TPSA) is 18.5 Å². The molecule has 2 nitrogen and oxygen atoms in total. The van der Waals surface area contributed by atoms with Gasteiger partial charge in [0.05, 0.1) is 6.61 Å². The molecule has 0 saturated heterocycles. The third-order valence-corrected chi connectivity index (χ3v) is 3.46. The zero-order chi connectivity index (χ0) is 15.9. The summed E-state index contributed by atoms with van der Waals surface area (Å²) in [7, 11) is 0. The van der Waals surface area contributed by atoms with Crippen LogP contribution in [0.3, 0.4) is 0 Å². The van der Waals surface area contributed by atoms with Crippen molar-refractivity contribution in [2.75, 3.05) is 19.8 Å². The van der Waals surface area contributed by atoms with E-state index < -0.39 is 0 Å². The summed E-state index contributed by atoms with van der Waals surface area (Å²) in [6.45, 7) is 6.94. The van der Waals surface area contributed by atoms with Crippen LogP contribution in [0.2, 0.25) is 0 Å². The Morgan fingerprint density at radius 3 is 2.41 bits per heavy atom. The van der Waals surface area contributed by atoms with Gasteiger partial charge in [-0.2, -0.15) is 0 Å². The highest BCUT2D eigenvalue weighted by Crippen LogP contribution is 2.20. The van der Waals surface area contributed by atoms with Crippen LogP contribution >= 0.6 is 0 Å². The molecule has 0 amide bonds. The van der Waals surface area contributed by atoms with Gasteiger partial charge in [0.25, 0.3) is 0 Å². The predicted molar refractivity (Wildman–Crippen MR) is 95.5 cm³/mol. The number of benzene rings is 1. The number of allylic oxidation sites excluding steroid dienone is 1. The molecule has 0 radical (unpaired) electrons. The summed E-state index contributed by atoms with van der Waals surface area (Å²) in [5.74, 6) is 1.00. The van der Waals surface area contributed by atoms with Crippen molar-refractivity contribution < 1.29 is 9.47 Å². The first kappa shape index (κ1) is 18.8. The van der Waals surface area contributed by atoms with Crippen molar-refractivity contribution >= 4 is 6.08 Å². The highest BCUT2D eigenvalue weighted by molar-refractivity contribution is 5.57. The maximum Gasteiger partial charge on any atom is 0.126 e. The average molecular weight is 304 g/mol. The van der Waals surface area contributed by atoms with E-state index in [1.165, 1.54) is 24.8 Å². The molecule has 0 heterocycles. The van der Waals surface area contributed by atoms with Gasteiger partial charge in [0.2, 0.25) is 0 Å². The van der Waals surface area contributed by atoms with Gasteiger partial charge in [0.1, 0.15) is 5.75 Å². The van der Waals surface area contributed by atoms with Gasteiger partial charge in [-0.1, -0.05) is 57.0 Å². The molecule has 1 aromatic rings. The number of unbranched alkanes of at least 4 members (excludes halogenated alkanes) is 4. The highest BCUT2D eigenvalue weighted by Gasteiger charge is 1.99. The van der Waals surface area contributed by atoms with Crippen LogP contribution in [-0.2, 0) is 4.74 Å². The van der Waals surface area contributed by atoms with Crippen LogP contribution in [0, 0.1) is 0 Å². The van der Waals surface area contributed by atoms with Crippen LogP contribution in [0.5, 0.6) is 5.75 Å². The van der Waals surface area contributed by atoms with E-state index in [-0.39, 0.29) is 0 Å². The first-order valence-corrected chi connectivity index (χ1v) is 8.84. The minimum Gasteiger partial charge on any atom is -0.493 e. The molecule has 0 aliphatic heterocycles. The fraction of sp³-hybridized carbons (Fsp3) is 0.600. The summed E-state index contributed by atoms with van der Waals surface area (Å²) in [6, 6.07) is 8.28. The molecule has 0 atom stereocenters. The van der Waals surface area contributed by atoms with Gasteiger partial charge in [-0.25, -0.2) is 0 Å². The summed E-state index contributed by atoms with van der Waals surface area (Å²) in [5, 5.41) is 0. The first-order valence-electron chi connectivity index (χ1n) is 8.84. The Hall–Kier alpha value is -1.28. The maximum atomic E-state index is 5.93. The Balaban J connectivity index is 2.16. The molecule has 1 aromatic carbocycles. The summed E-state index contributed by atoms with van der Waals surface area (Å²) in [5.41, 5.74) is 1.18. The number of hydrogen-bond acceptors (Lipinski definition) is 2. The fourth-order valence-electron chi connectivity index (χ4n) is 2.21. The molecule has 0 aromatic heterocycles. The molecular weight excluding hydrogens is 272 g/mol. The molecule has 0 spiro atoms. The number of rotatable bonds is 13. The molecular formula is C20H32O2. The van der Waals surface area contributed by atoms with Crippen molar-refractivity contribution in [2.45, 2.75) is 58.8 Å². The maximum absolute atomic E-state index is 5.93. The molecule has 2 heteroatoms. The van der Waals surface area contributed by atoms with Crippen molar-refractivity contribution in [3.8, 4) is 5.75 Å². The van der Waals surface area contributed by atoms with Gasteiger partial charge in [-0.3, -0.25) is 0 Å². The predicted octanol–water partition coefficient (Wildman–Crippen LogP) is 5.87. The van der Waals surface area contributed by atoms with E-state index in [0.29, 0.717) is 0 Å². The molecule has 124 valence electrons. The van der Waals surface area contributed by atoms with Crippen LogP contribution < -0.4 is 4.74 Å². The lowest BCUT2D eigenvalue weighted by Crippen LogP contribution is -2.00. The Labute approximate surface area is 136 Å². The summed E-state index contributed by atoms with van der Waals surface area (Å²) in [6.07, 6.45) is 12.5. The fourth-order valence-corrected chi connectivity index (χ4v) is 2.21. The summed E-state index contributed by atoms with van der Waals surface area (Å²) < 4.78 is 11.4. The van der Waals surface area contributed by atoms with Crippen LogP contribution in [0.15, 0.2) is 30.3 Å². The zero-order valence-electron chi connectivity index (χ0n) is 14.4. The standard InChI is InChI=1S/C20H32O2/c1-3-5-8-13-19-14-9-10-15-20(19)22-18-12-7-6-11-17-21-16-4-2/h8-10,13-15H,3-7,11-12,16-18H2,1-2H3. The third-order valence-electron chi connectivity index (χ3n) is 3.46. The Kier molecular flexibility index (Phi) is 11.4. The van der Waals surface area contributed by atoms with Crippen LogP contribution in [0.25, 0.3) is 6.08 Å². The van der Waals surface area contributed by atoms with Gasteiger partial charge >= 0.3 is 0 Å². The van der Waals surface area contributed by atoms with Gasteiger partial charge in [0.15, 0.2) is 0 Å². The summed E-state index contributed by atoms with van der Waals surface area (Å²) in [4.78, 5) is 0. The Morgan fingerprint density at radius 1 is 0.864 bits per heavy atom. The van der Waals surface area contributed by atoms with Gasteiger partial charge in [0, 0.05) is 18.8 Å². The molecule has 0 unspecified atom stereocenters. The van der Waals surface area contributed by atoms with E-state index >= 15 is 0 Å². The second-order valence-corrected chi connectivity index (χ2v) is 5.60. The van der Waals surface area contributed by atoms with Crippen molar-refractivity contribution in [1.82, 2.24) is 0 Å². The average Bonchev–Trinajstić information content (AvgIpc) is 2.55. The van der Waals surface area contributed by atoms with Crippen molar-refractivity contribution in [1.29, 1.82) is 0 Å². The highest BCUT2D eigenvalue weighted by atomic mass is 16.5. The molecule has 0 N–H and O–H groups in total.